The lowest BCUT2D eigenvalue weighted by Gasteiger charge is -2.39. The smallest absolute Gasteiger partial charge is 0.179 e. The van der Waals surface area contributed by atoms with Crippen molar-refractivity contribution in [3.05, 3.63) is 375 Å². The molecule has 0 spiro atoms. The first-order valence-corrected chi connectivity index (χ1v) is 37.4. The summed E-state index contributed by atoms with van der Waals surface area (Å²) in [7, 11) is -6.03. The van der Waals surface area contributed by atoms with Crippen molar-refractivity contribution in [2.75, 3.05) is 4.90 Å². The third kappa shape index (κ3) is 9.83. The Morgan fingerprint density at radius 3 is 1.17 bits per heavy atom. The molecular formula is C90H70N3OPSi. The number of rotatable bonds is 15. The zero-order chi connectivity index (χ0) is 64.1. The maximum atomic E-state index is 15.4. The van der Waals surface area contributed by atoms with Crippen molar-refractivity contribution < 1.29 is 4.57 Å². The molecule has 2 heterocycles. The molecule has 0 N–H and O–H groups in total. The highest BCUT2D eigenvalue weighted by atomic mass is 31.2. The van der Waals surface area contributed by atoms with Crippen LogP contribution in [0.1, 0.15) is 43.2 Å². The minimum atomic E-state index is -3.11. The van der Waals surface area contributed by atoms with Crippen molar-refractivity contribution in [2.45, 2.75) is 37.5 Å². The summed E-state index contributed by atoms with van der Waals surface area (Å²) in [6.45, 7) is 0. The van der Waals surface area contributed by atoms with Crippen molar-refractivity contribution >= 4 is 113 Å². The second-order valence-electron chi connectivity index (χ2n) is 25.7. The number of hydrogen-bond donors (Lipinski definition) is 0. The van der Waals surface area contributed by atoms with E-state index < -0.39 is 15.2 Å². The molecule has 1 fully saturated rings. The average Bonchev–Trinajstić information content (AvgIpc) is 1.13. The van der Waals surface area contributed by atoms with E-state index in [-0.39, 0.29) is 5.41 Å². The highest BCUT2D eigenvalue weighted by molar-refractivity contribution is 7.85. The van der Waals surface area contributed by atoms with E-state index in [4.69, 9.17) is 0 Å². The van der Waals surface area contributed by atoms with Crippen LogP contribution in [0.25, 0.3) is 66.1 Å². The lowest BCUT2D eigenvalue weighted by Crippen LogP contribution is -2.74. The summed E-state index contributed by atoms with van der Waals surface area (Å²) >= 11 is 0. The molecule has 1 aliphatic carbocycles. The van der Waals surface area contributed by atoms with E-state index in [1.807, 2.05) is 60.7 Å². The molecule has 460 valence electrons. The zero-order valence-electron chi connectivity index (χ0n) is 53.4. The van der Waals surface area contributed by atoms with E-state index in [2.05, 4.69) is 317 Å². The first-order chi connectivity index (χ1) is 47.5. The van der Waals surface area contributed by atoms with Gasteiger partial charge in [0, 0.05) is 71.3 Å². The molecule has 4 nitrogen and oxygen atoms in total. The van der Waals surface area contributed by atoms with E-state index >= 15 is 4.57 Å². The van der Waals surface area contributed by atoms with Gasteiger partial charge in [-0.05, 0) is 141 Å². The SMILES string of the molecule is O=P(c1ccccc1)(c1ccccc1)c1ccc(C2(c3ccc(N(c4ccccc4)c4ccc(-c5cccc6c5c5ccccc5n6-c5ccc([Si](c6ccccc6)(c6ccccc6)c6ccc(-n7c8ccccc8c8ccccc87)cc6)cc5)cc4)cc3)CCCCC2)cc1. The number of para-hydroxylation sites is 4. The highest BCUT2D eigenvalue weighted by Gasteiger charge is 2.42. The van der Waals surface area contributed by atoms with Crippen LogP contribution in [0, 0.1) is 0 Å². The van der Waals surface area contributed by atoms with E-state index in [0.717, 1.165) is 81.1 Å². The lowest BCUT2D eigenvalue weighted by atomic mass is 9.65. The zero-order valence-corrected chi connectivity index (χ0v) is 55.3. The summed E-state index contributed by atoms with van der Waals surface area (Å²) in [5, 5.41) is 12.9. The van der Waals surface area contributed by atoms with Crippen molar-refractivity contribution in [3.8, 4) is 22.5 Å². The Bertz CT molecular complexity index is 5340. The summed E-state index contributed by atoms with van der Waals surface area (Å²) in [5.41, 5.74) is 15.1. The summed E-state index contributed by atoms with van der Waals surface area (Å²) in [4.78, 5) is 2.38. The molecule has 2 aromatic heterocycles. The third-order valence-electron chi connectivity index (χ3n) is 20.7. The van der Waals surface area contributed by atoms with Crippen LogP contribution in [0.2, 0.25) is 0 Å². The Kier molecular flexibility index (Phi) is 15.1. The molecule has 1 saturated carbocycles. The Morgan fingerprint density at radius 2 is 0.667 bits per heavy atom. The van der Waals surface area contributed by atoms with Gasteiger partial charge < -0.3 is 18.6 Å². The van der Waals surface area contributed by atoms with Gasteiger partial charge in [0.1, 0.15) is 0 Å². The van der Waals surface area contributed by atoms with Gasteiger partial charge in [0.25, 0.3) is 0 Å². The summed E-state index contributed by atoms with van der Waals surface area (Å²) in [5.74, 6) is 0. The van der Waals surface area contributed by atoms with Crippen LogP contribution < -0.4 is 41.6 Å². The monoisotopic (exact) mass is 1270 g/mol. The molecule has 96 heavy (non-hydrogen) atoms. The Balaban J connectivity index is 0.713. The Labute approximate surface area is 562 Å². The molecule has 0 amide bonds. The van der Waals surface area contributed by atoms with Gasteiger partial charge in [-0.15, -0.1) is 0 Å². The van der Waals surface area contributed by atoms with Crippen LogP contribution in [-0.2, 0) is 9.98 Å². The molecule has 6 heteroatoms. The largest absolute Gasteiger partial charge is 0.311 e. The fourth-order valence-electron chi connectivity index (χ4n) is 16.2. The second-order valence-corrected chi connectivity index (χ2v) is 32.3. The van der Waals surface area contributed by atoms with Crippen LogP contribution in [0.15, 0.2) is 364 Å². The fraction of sp³-hybridized carbons (Fsp3) is 0.0667. The number of fused-ring (bicyclic) bond motifs is 6. The Morgan fingerprint density at radius 1 is 0.302 bits per heavy atom. The van der Waals surface area contributed by atoms with Crippen LogP contribution in [0.5, 0.6) is 0 Å². The molecular weight excluding hydrogens is 1200 g/mol. The molecule has 0 aliphatic heterocycles. The summed E-state index contributed by atoms with van der Waals surface area (Å²) in [6, 6.07) is 133. The number of nitrogens with zero attached hydrogens (tertiary/aromatic N) is 3. The average molecular weight is 1270 g/mol. The van der Waals surface area contributed by atoms with Crippen molar-refractivity contribution in [1.29, 1.82) is 0 Å². The fourth-order valence-corrected chi connectivity index (χ4v) is 23.6. The molecule has 0 unspecified atom stereocenters. The topological polar surface area (TPSA) is 30.2 Å². The highest BCUT2D eigenvalue weighted by Crippen LogP contribution is 2.49. The number of hydrogen-bond acceptors (Lipinski definition) is 2. The molecule has 0 radical (unpaired) electrons. The van der Waals surface area contributed by atoms with Crippen molar-refractivity contribution in [3.63, 3.8) is 0 Å². The first kappa shape index (κ1) is 58.7. The summed E-state index contributed by atoms with van der Waals surface area (Å²) in [6.07, 6.45) is 5.69. The van der Waals surface area contributed by atoms with Crippen LogP contribution in [0.4, 0.5) is 17.1 Å². The molecule has 0 atom stereocenters. The van der Waals surface area contributed by atoms with Gasteiger partial charge in [-0.2, -0.15) is 0 Å². The minimum absolute atomic E-state index is 0.158. The quantitative estimate of drug-likeness (QED) is 0.0582. The van der Waals surface area contributed by atoms with E-state index in [0.29, 0.717) is 0 Å². The van der Waals surface area contributed by atoms with Crippen molar-refractivity contribution in [1.82, 2.24) is 9.13 Å². The second kappa shape index (κ2) is 24.7. The van der Waals surface area contributed by atoms with Crippen LogP contribution >= 0.6 is 7.14 Å². The van der Waals surface area contributed by atoms with E-state index in [1.54, 1.807) is 0 Å². The van der Waals surface area contributed by atoms with E-state index in [9.17, 15) is 0 Å². The predicted octanol–water partition coefficient (Wildman–Crippen LogP) is 19.3. The van der Waals surface area contributed by atoms with Gasteiger partial charge in [-0.1, -0.05) is 298 Å². The molecule has 0 saturated heterocycles. The minimum Gasteiger partial charge on any atom is -0.311 e. The van der Waals surface area contributed by atoms with Crippen LogP contribution in [-0.4, -0.2) is 17.2 Å². The van der Waals surface area contributed by atoms with Crippen LogP contribution in [0.3, 0.4) is 0 Å². The standard InChI is InChI=1S/C90H70N3OPSi/c94-95(74-28-9-2-10-29-74,75-30-11-3-12-31-75)76-58-48-68(49-59-76)90(64-23-6-24-65-90)67-46-52-71(53-47-67)91(69-26-7-1-8-27-69)70-50-44-66(45-51-70)81-39-25-43-88-89(81)84-38-19-22-42-87(84)93(88)73-56-62-80(63-57-73)96(77-32-13-4-14-33-77,78-34-15-5-16-35-78)79-60-54-72(55-61-79)92-85-40-20-17-36-82(85)83-37-18-21-41-86(83)92/h1-5,7-22,25-63H,6,23-24,64-65H2. The predicted molar refractivity (Wildman–Crippen MR) is 409 cm³/mol. The first-order valence-electron chi connectivity index (χ1n) is 33.7. The van der Waals surface area contributed by atoms with E-state index in [1.165, 1.54) is 82.0 Å². The third-order valence-corrected chi connectivity index (χ3v) is 28.5. The summed E-state index contributed by atoms with van der Waals surface area (Å²) < 4.78 is 20.3. The number of anilines is 3. The number of aromatic nitrogens is 2. The van der Waals surface area contributed by atoms with Gasteiger partial charge in [-0.3, -0.25) is 0 Å². The van der Waals surface area contributed by atoms with Gasteiger partial charge in [0.2, 0.25) is 0 Å². The molecule has 16 aromatic rings. The van der Waals surface area contributed by atoms with Gasteiger partial charge in [0.15, 0.2) is 15.2 Å². The van der Waals surface area contributed by atoms with Gasteiger partial charge >= 0.3 is 0 Å². The number of benzene rings is 14. The molecule has 0 bridgehead atoms. The maximum Gasteiger partial charge on any atom is 0.179 e. The normalized spacial score (nSPS) is 13.3. The molecule has 17 rings (SSSR count). The molecule has 1 aliphatic rings. The Hall–Kier alpha value is -11.1. The van der Waals surface area contributed by atoms with Crippen molar-refractivity contribution in [2.24, 2.45) is 0 Å². The van der Waals surface area contributed by atoms with Gasteiger partial charge in [0.05, 0.1) is 22.1 Å². The van der Waals surface area contributed by atoms with Gasteiger partial charge in [-0.25, -0.2) is 0 Å². The maximum absolute atomic E-state index is 15.4. The lowest BCUT2D eigenvalue weighted by molar-refractivity contribution is 0.346. The molecule has 14 aromatic carbocycles.